The fourth-order valence-corrected chi connectivity index (χ4v) is 3.23. The van der Waals surface area contributed by atoms with Crippen LogP contribution in [0.3, 0.4) is 0 Å². The lowest BCUT2D eigenvalue weighted by Gasteiger charge is -2.32. The van der Waals surface area contributed by atoms with Gasteiger partial charge in [-0.15, -0.1) is 0 Å². The Morgan fingerprint density at radius 1 is 1.33 bits per heavy atom. The molecule has 0 aromatic carbocycles. The molecular formula is C18H24N4O2. The van der Waals surface area contributed by atoms with Gasteiger partial charge in [-0.1, -0.05) is 11.6 Å². The number of likely N-dealkylation sites (tertiary alicyclic amines) is 1. The number of piperidine rings is 1. The van der Waals surface area contributed by atoms with Crippen LogP contribution in [0.4, 0.5) is 0 Å². The summed E-state index contributed by atoms with van der Waals surface area (Å²) in [5.41, 5.74) is 1.91. The summed E-state index contributed by atoms with van der Waals surface area (Å²) < 4.78 is 0. The molecule has 0 radical (unpaired) electrons. The number of carbonyl (C=O) groups is 2. The maximum Gasteiger partial charge on any atom is 0.253 e. The van der Waals surface area contributed by atoms with Crippen LogP contribution in [0, 0.1) is 5.92 Å². The molecule has 2 aliphatic rings. The normalized spacial score (nSPS) is 21.1. The van der Waals surface area contributed by atoms with E-state index in [2.05, 4.69) is 21.7 Å². The highest BCUT2D eigenvalue weighted by molar-refractivity contribution is 5.94. The number of hydrogen-bond donors (Lipinski definition) is 2. The van der Waals surface area contributed by atoms with Crippen molar-refractivity contribution in [1.29, 1.82) is 0 Å². The number of aromatic nitrogens is 1. The molecule has 1 unspecified atom stereocenters. The molecule has 6 heteroatoms. The van der Waals surface area contributed by atoms with Gasteiger partial charge in [-0.3, -0.25) is 14.6 Å². The molecule has 1 fully saturated rings. The van der Waals surface area contributed by atoms with Gasteiger partial charge in [-0.2, -0.15) is 0 Å². The highest BCUT2D eigenvalue weighted by atomic mass is 16.2. The smallest absolute Gasteiger partial charge is 0.253 e. The second-order valence-corrected chi connectivity index (χ2v) is 6.36. The minimum absolute atomic E-state index is 0.0176. The van der Waals surface area contributed by atoms with Gasteiger partial charge < -0.3 is 15.5 Å². The van der Waals surface area contributed by atoms with E-state index in [0.717, 1.165) is 32.4 Å². The number of nitrogens with one attached hydrogen (secondary N) is 2. The highest BCUT2D eigenvalue weighted by Gasteiger charge is 2.28. The maximum absolute atomic E-state index is 12.5. The van der Waals surface area contributed by atoms with Crippen molar-refractivity contribution in [2.45, 2.75) is 19.3 Å². The molecule has 0 saturated carbocycles. The predicted octanol–water partition coefficient (Wildman–Crippen LogP) is 0.970. The average Bonchev–Trinajstić information content (AvgIpc) is 2.67. The first-order valence-corrected chi connectivity index (χ1v) is 8.59. The molecule has 3 rings (SSSR count). The lowest BCUT2D eigenvalue weighted by Crippen LogP contribution is -2.45. The van der Waals surface area contributed by atoms with E-state index < -0.39 is 0 Å². The zero-order chi connectivity index (χ0) is 16.8. The molecule has 1 saturated heterocycles. The predicted molar refractivity (Wildman–Crippen MR) is 91.4 cm³/mol. The Morgan fingerprint density at radius 3 is 2.92 bits per heavy atom. The molecule has 1 aromatic heterocycles. The lowest BCUT2D eigenvalue weighted by atomic mass is 9.96. The minimum atomic E-state index is -0.119. The summed E-state index contributed by atoms with van der Waals surface area (Å²) >= 11 is 0. The Kier molecular flexibility index (Phi) is 5.59. The fourth-order valence-electron chi connectivity index (χ4n) is 3.23. The zero-order valence-corrected chi connectivity index (χ0v) is 13.8. The van der Waals surface area contributed by atoms with Crippen molar-refractivity contribution < 1.29 is 9.59 Å². The van der Waals surface area contributed by atoms with E-state index in [1.165, 1.54) is 5.57 Å². The third-order valence-electron chi connectivity index (χ3n) is 4.65. The zero-order valence-electron chi connectivity index (χ0n) is 13.8. The van der Waals surface area contributed by atoms with E-state index in [1.54, 1.807) is 29.4 Å². The summed E-state index contributed by atoms with van der Waals surface area (Å²) in [5.74, 6) is -0.0792. The van der Waals surface area contributed by atoms with Crippen molar-refractivity contribution in [2.24, 2.45) is 5.92 Å². The van der Waals surface area contributed by atoms with E-state index in [0.29, 0.717) is 25.2 Å². The van der Waals surface area contributed by atoms with Crippen LogP contribution >= 0.6 is 0 Å². The van der Waals surface area contributed by atoms with Crippen LogP contribution < -0.4 is 10.6 Å². The molecule has 2 amide bonds. The summed E-state index contributed by atoms with van der Waals surface area (Å²) in [7, 11) is 0. The van der Waals surface area contributed by atoms with Crippen molar-refractivity contribution in [1.82, 2.24) is 20.5 Å². The molecule has 1 aromatic rings. The first-order chi connectivity index (χ1) is 11.7. The van der Waals surface area contributed by atoms with Crippen LogP contribution in [0.15, 0.2) is 36.2 Å². The summed E-state index contributed by atoms with van der Waals surface area (Å²) in [6, 6.07) is 3.44. The van der Waals surface area contributed by atoms with Crippen LogP contribution in [-0.4, -0.2) is 54.4 Å². The van der Waals surface area contributed by atoms with Gasteiger partial charge in [0.1, 0.15) is 0 Å². The summed E-state index contributed by atoms with van der Waals surface area (Å²) in [5, 5.41) is 6.30. The van der Waals surface area contributed by atoms with Gasteiger partial charge in [-0.25, -0.2) is 0 Å². The van der Waals surface area contributed by atoms with Gasteiger partial charge in [-0.05, 0) is 37.9 Å². The molecule has 128 valence electrons. The third-order valence-corrected chi connectivity index (χ3v) is 4.65. The third kappa shape index (κ3) is 4.20. The lowest BCUT2D eigenvalue weighted by molar-refractivity contribution is -0.126. The van der Waals surface area contributed by atoms with Gasteiger partial charge in [0.15, 0.2) is 0 Å². The second kappa shape index (κ2) is 8.06. The van der Waals surface area contributed by atoms with Crippen molar-refractivity contribution in [3.8, 4) is 0 Å². The standard InChI is InChI=1S/C18H24N4O2/c23-17(21-12-14-3-7-19-8-4-14)16-2-1-11-22(13-16)18(24)15-5-9-20-10-6-15/h3,5-6,9-10,16,19H,1-2,4,7-8,11-13H2,(H,21,23). The monoisotopic (exact) mass is 328 g/mol. The largest absolute Gasteiger partial charge is 0.352 e. The average molecular weight is 328 g/mol. The molecule has 6 nitrogen and oxygen atoms in total. The molecule has 0 aliphatic carbocycles. The first kappa shape index (κ1) is 16.6. The van der Waals surface area contributed by atoms with Gasteiger partial charge in [0, 0.05) is 44.1 Å². The number of nitrogens with zero attached hydrogens (tertiary/aromatic N) is 2. The Morgan fingerprint density at radius 2 is 2.17 bits per heavy atom. The molecule has 2 N–H and O–H groups in total. The molecule has 1 atom stereocenters. The minimum Gasteiger partial charge on any atom is -0.352 e. The van der Waals surface area contributed by atoms with Crippen molar-refractivity contribution in [3.05, 3.63) is 41.7 Å². The molecule has 2 aliphatic heterocycles. The Hall–Kier alpha value is -2.21. The Balaban J connectivity index is 1.54. The van der Waals surface area contributed by atoms with Gasteiger partial charge in [0.2, 0.25) is 5.91 Å². The highest BCUT2D eigenvalue weighted by Crippen LogP contribution is 2.19. The van der Waals surface area contributed by atoms with Gasteiger partial charge >= 0.3 is 0 Å². The SMILES string of the molecule is O=C(NCC1=CCNCC1)C1CCCN(C(=O)c2ccncc2)C1. The van der Waals surface area contributed by atoms with E-state index in [-0.39, 0.29) is 17.7 Å². The molecule has 3 heterocycles. The Bertz CT molecular complexity index is 615. The molecule has 0 spiro atoms. The molecule has 24 heavy (non-hydrogen) atoms. The van der Waals surface area contributed by atoms with E-state index in [1.807, 2.05) is 0 Å². The summed E-state index contributed by atoms with van der Waals surface area (Å²) in [6.45, 7) is 3.67. The van der Waals surface area contributed by atoms with Crippen molar-refractivity contribution in [3.63, 3.8) is 0 Å². The van der Waals surface area contributed by atoms with Crippen LogP contribution in [0.1, 0.15) is 29.6 Å². The Labute approximate surface area is 142 Å². The van der Waals surface area contributed by atoms with Crippen molar-refractivity contribution >= 4 is 11.8 Å². The van der Waals surface area contributed by atoms with Crippen molar-refractivity contribution in [2.75, 3.05) is 32.7 Å². The number of rotatable bonds is 4. The maximum atomic E-state index is 12.5. The quantitative estimate of drug-likeness (QED) is 0.808. The van der Waals surface area contributed by atoms with Crippen LogP contribution in [0.2, 0.25) is 0 Å². The first-order valence-electron chi connectivity index (χ1n) is 8.59. The van der Waals surface area contributed by atoms with Crippen LogP contribution in [0.25, 0.3) is 0 Å². The topological polar surface area (TPSA) is 74.3 Å². The number of pyridine rings is 1. The van der Waals surface area contributed by atoms with Gasteiger partial charge in [0.05, 0.1) is 5.92 Å². The van der Waals surface area contributed by atoms with Crippen LogP contribution in [0.5, 0.6) is 0 Å². The van der Waals surface area contributed by atoms with E-state index in [9.17, 15) is 9.59 Å². The second-order valence-electron chi connectivity index (χ2n) is 6.36. The summed E-state index contributed by atoms with van der Waals surface area (Å²) in [6.07, 6.45) is 8.07. The number of hydrogen-bond acceptors (Lipinski definition) is 4. The fraction of sp³-hybridized carbons (Fsp3) is 0.500. The number of amides is 2. The van der Waals surface area contributed by atoms with E-state index >= 15 is 0 Å². The molecule has 0 bridgehead atoms. The van der Waals surface area contributed by atoms with Crippen LogP contribution in [-0.2, 0) is 4.79 Å². The van der Waals surface area contributed by atoms with E-state index in [4.69, 9.17) is 0 Å². The summed E-state index contributed by atoms with van der Waals surface area (Å²) in [4.78, 5) is 30.7. The number of carbonyl (C=O) groups excluding carboxylic acids is 2. The van der Waals surface area contributed by atoms with Gasteiger partial charge in [0.25, 0.3) is 5.91 Å². The molecular weight excluding hydrogens is 304 g/mol.